The van der Waals surface area contributed by atoms with Crippen LogP contribution in [0.2, 0.25) is 5.02 Å². The van der Waals surface area contributed by atoms with Gasteiger partial charge in [-0.15, -0.1) is 11.8 Å². The van der Waals surface area contributed by atoms with Gasteiger partial charge in [0.15, 0.2) is 0 Å². The Kier molecular flexibility index (Phi) is 8.64. The number of thioether (sulfide) groups is 1. The van der Waals surface area contributed by atoms with Gasteiger partial charge in [-0.25, -0.2) is 0 Å². The molecule has 0 aliphatic rings. The van der Waals surface area contributed by atoms with E-state index in [-0.39, 0.29) is 18.2 Å². The largest absolute Gasteiger partial charge is 0.326 e. The van der Waals surface area contributed by atoms with Crippen LogP contribution in [0, 0.1) is 0 Å². The number of para-hydroxylation sites is 1. The van der Waals surface area contributed by atoms with Crippen LogP contribution in [0.5, 0.6) is 0 Å². The smallest absolute Gasteiger partial charge is 0.242 e. The van der Waals surface area contributed by atoms with Crippen LogP contribution in [0.1, 0.15) is 16.4 Å². The molecule has 2 amide bonds. The fourth-order valence-electron chi connectivity index (χ4n) is 3.44. The molecule has 0 aliphatic carbocycles. The monoisotopic (exact) mass is 564 g/mol. The number of hydrogen-bond donors (Lipinski definition) is 2. The quantitative estimate of drug-likeness (QED) is 0.215. The van der Waals surface area contributed by atoms with E-state index in [1.807, 2.05) is 91.0 Å². The molecular weight excluding hydrogens is 544 g/mol. The van der Waals surface area contributed by atoms with Crippen molar-refractivity contribution in [3.8, 4) is 0 Å². The molecule has 35 heavy (non-hydrogen) atoms. The first-order valence-electron chi connectivity index (χ1n) is 10.9. The Morgan fingerprint density at radius 1 is 0.829 bits per heavy atom. The maximum absolute atomic E-state index is 13.3. The fourth-order valence-corrected chi connectivity index (χ4v) is 5.03. The van der Waals surface area contributed by atoms with Gasteiger partial charge in [-0.1, -0.05) is 72.3 Å². The first-order chi connectivity index (χ1) is 17.0. The zero-order valence-electron chi connectivity index (χ0n) is 18.6. The van der Waals surface area contributed by atoms with Gasteiger partial charge in [0.05, 0.1) is 12.1 Å². The molecule has 0 radical (unpaired) electrons. The molecule has 4 nitrogen and oxygen atoms in total. The van der Waals surface area contributed by atoms with Crippen molar-refractivity contribution in [1.29, 1.82) is 0 Å². The summed E-state index contributed by atoms with van der Waals surface area (Å²) < 4.78 is 0.815. The van der Waals surface area contributed by atoms with Crippen LogP contribution < -0.4 is 10.6 Å². The van der Waals surface area contributed by atoms with Crippen LogP contribution in [0.15, 0.2) is 112 Å². The molecule has 0 aliphatic heterocycles. The maximum Gasteiger partial charge on any atom is 0.242 e. The molecule has 1 atom stereocenters. The molecule has 1 unspecified atom stereocenters. The Labute approximate surface area is 222 Å². The Morgan fingerprint density at radius 3 is 2.29 bits per heavy atom. The van der Waals surface area contributed by atoms with Crippen molar-refractivity contribution in [3.63, 3.8) is 0 Å². The van der Waals surface area contributed by atoms with Crippen molar-refractivity contribution in [3.05, 3.63) is 124 Å². The van der Waals surface area contributed by atoms with Crippen molar-refractivity contribution in [2.45, 2.75) is 16.6 Å². The standard InChI is InChI=1S/C28H22BrClN2O2S/c29-24-11-4-5-12-25(24)32-28(34)27(20-7-2-1-3-8-20)35-23-10-6-9-22(18-23)31-26(33)17-19-13-15-21(30)16-14-19/h1-16,18,27H,17H2,(H,31,33)(H,32,34). The number of halogens is 2. The lowest BCUT2D eigenvalue weighted by Crippen LogP contribution is -2.19. The third kappa shape index (κ3) is 7.21. The second kappa shape index (κ2) is 12.1. The van der Waals surface area contributed by atoms with Crippen LogP contribution in [-0.2, 0) is 16.0 Å². The van der Waals surface area contributed by atoms with Gasteiger partial charge in [0.1, 0.15) is 5.25 Å². The molecule has 0 saturated carbocycles. The number of hydrogen-bond acceptors (Lipinski definition) is 3. The van der Waals surface area contributed by atoms with E-state index >= 15 is 0 Å². The van der Waals surface area contributed by atoms with E-state index in [2.05, 4.69) is 26.6 Å². The molecule has 0 bridgehead atoms. The van der Waals surface area contributed by atoms with Crippen molar-refractivity contribution < 1.29 is 9.59 Å². The Morgan fingerprint density at radius 2 is 1.54 bits per heavy atom. The first kappa shape index (κ1) is 25.0. The van der Waals surface area contributed by atoms with Gasteiger partial charge in [-0.2, -0.15) is 0 Å². The lowest BCUT2D eigenvalue weighted by Gasteiger charge is -2.18. The molecule has 176 valence electrons. The minimum absolute atomic E-state index is 0.124. The molecule has 0 fully saturated rings. The number of carbonyl (C=O) groups excluding carboxylic acids is 2. The molecule has 0 saturated heterocycles. The summed E-state index contributed by atoms with van der Waals surface area (Å²) in [6.45, 7) is 0. The third-order valence-electron chi connectivity index (χ3n) is 5.12. The van der Waals surface area contributed by atoms with Gasteiger partial charge in [-0.05, 0) is 69.5 Å². The topological polar surface area (TPSA) is 58.2 Å². The minimum Gasteiger partial charge on any atom is -0.326 e. The highest BCUT2D eigenvalue weighted by Gasteiger charge is 2.23. The van der Waals surface area contributed by atoms with Crippen LogP contribution in [-0.4, -0.2) is 11.8 Å². The van der Waals surface area contributed by atoms with E-state index in [0.717, 1.165) is 20.5 Å². The molecule has 2 N–H and O–H groups in total. The highest BCUT2D eigenvalue weighted by atomic mass is 79.9. The van der Waals surface area contributed by atoms with E-state index in [1.54, 1.807) is 12.1 Å². The SMILES string of the molecule is O=C(Cc1ccc(Cl)cc1)Nc1cccc(SC(C(=O)Nc2ccccc2Br)c2ccccc2)c1. The Hall–Kier alpha value is -3.06. The predicted molar refractivity (Wildman–Crippen MR) is 148 cm³/mol. The average molecular weight is 566 g/mol. The summed E-state index contributed by atoms with van der Waals surface area (Å²) in [5.74, 6) is -0.258. The predicted octanol–water partition coefficient (Wildman–Crippen LogP) is 7.76. The van der Waals surface area contributed by atoms with Crippen LogP contribution in [0.25, 0.3) is 0 Å². The average Bonchev–Trinajstić information content (AvgIpc) is 2.86. The lowest BCUT2D eigenvalue weighted by molar-refractivity contribution is -0.116. The number of rotatable bonds is 8. The minimum atomic E-state index is -0.483. The molecule has 0 aromatic heterocycles. The van der Waals surface area contributed by atoms with Crippen molar-refractivity contribution >= 4 is 62.5 Å². The second-order valence-corrected chi connectivity index (χ2v) is 10.2. The molecule has 0 spiro atoms. The summed E-state index contributed by atoms with van der Waals surface area (Å²) in [5.41, 5.74) is 3.15. The van der Waals surface area contributed by atoms with Crippen molar-refractivity contribution in [1.82, 2.24) is 0 Å². The lowest BCUT2D eigenvalue weighted by atomic mass is 10.1. The fraction of sp³-hybridized carbons (Fsp3) is 0.0714. The van der Waals surface area contributed by atoms with Gasteiger partial charge >= 0.3 is 0 Å². The summed E-state index contributed by atoms with van der Waals surface area (Å²) >= 11 is 10.8. The Bertz CT molecular complexity index is 1320. The zero-order chi connectivity index (χ0) is 24.6. The van der Waals surface area contributed by atoms with Gasteiger partial charge in [0.2, 0.25) is 11.8 Å². The second-order valence-electron chi connectivity index (χ2n) is 7.76. The molecule has 0 heterocycles. The number of benzene rings is 4. The van der Waals surface area contributed by atoms with Gasteiger partial charge in [-0.3, -0.25) is 9.59 Å². The highest BCUT2D eigenvalue weighted by Crippen LogP contribution is 2.37. The highest BCUT2D eigenvalue weighted by molar-refractivity contribution is 9.10. The van der Waals surface area contributed by atoms with Gasteiger partial charge in [0.25, 0.3) is 0 Å². The van der Waals surface area contributed by atoms with E-state index in [0.29, 0.717) is 16.4 Å². The number of amides is 2. The van der Waals surface area contributed by atoms with Crippen molar-refractivity contribution in [2.24, 2.45) is 0 Å². The summed E-state index contributed by atoms with van der Waals surface area (Å²) in [6.07, 6.45) is 0.246. The third-order valence-corrected chi connectivity index (χ3v) is 7.31. The number of anilines is 2. The van der Waals surface area contributed by atoms with Crippen LogP contribution >= 0.6 is 39.3 Å². The van der Waals surface area contributed by atoms with E-state index < -0.39 is 5.25 Å². The Balaban J connectivity index is 1.49. The molecule has 4 aromatic rings. The van der Waals surface area contributed by atoms with E-state index in [4.69, 9.17) is 11.6 Å². The molecule has 4 aromatic carbocycles. The van der Waals surface area contributed by atoms with Crippen molar-refractivity contribution in [2.75, 3.05) is 10.6 Å². The summed E-state index contributed by atoms with van der Waals surface area (Å²) in [7, 11) is 0. The van der Waals surface area contributed by atoms with E-state index in [1.165, 1.54) is 11.8 Å². The maximum atomic E-state index is 13.3. The summed E-state index contributed by atoms with van der Waals surface area (Å²) in [4.78, 5) is 26.7. The van der Waals surface area contributed by atoms with Crippen LogP contribution in [0.3, 0.4) is 0 Å². The number of nitrogens with one attached hydrogen (secondary N) is 2. The molecular formula is C28H22BrClN2O2S. The zero-order valence-corrected chi connectivity index (χ0v) is 21.7. The normalized spacial score (nSPS) is 11.5. The van der Waals surface area contributed by atoms with Gasteiger partial charge < -0.3 is 10.6 Å². The van der Waals surface area contributed by atoms with Crippen LogP contribution in [0.4, 0.5) is 11.4 Å². The molecule has 7 heteroatoms. The summed E-state index contributed by atoms with van der Waals surface area (Å²) in [6, 6.07) is 31.9. The number of carbonyl (C=O) groups is 2. The molecule has 4 rings (SSSR count). The van der Waals surface area contributed by atoms with Gasteiger partial charge in [0, 0.05) is 20.1 Å². The first-order valence-corrected chi connectivity index (χ1v) is 12.9. The van der Waals surface area contributed by atoms with E-state index in [9.17, 15) is 9.59 Å². The summed E-state index contributed by atoms with van der Waals surface area (Å²) in [5, 5.41) is 6.12.